The molecule has 3 heteroatoms. The van der Waals surface area contributed by atoms with Crippen LogP contribution in [0.1, 0.15) is 19.4 Å². The first-order chi connectivity index (χ1) is 6.68. The van der Waals surface area contributed by atoms with E-state index in [-0.39, 0.29) is 5.54 Å². The number of nitrogens with zero attached hydrogens (tertiary/aromatic N) is 1. The Kier molecular flexibility index (Phi) is 2.61. The van der Waals surface area contributed by atoms with Gasteiger partial charge in [0.05, 0.1) is 12.5 Å². The average Bonchev–Trinajstić information content (AvgIpc) is 2.61. The maximum Gasteiger partial charge on any atom is 0.0947 e. The summed E-state index contributed by atoms with van der Waals surface area (Å²) in [6, 6.07) is 2.04. The zero-order valence-electron chi connectivity index (χ0n) is 8.92. The third kappa shape index (κ3) is 1.99. The zero-order valence-corrected chi connectivity index (χ0v) is 8.92. The Hall–Kier alpha value is -0.800. The van der Waals surface area contributed by atoms with Crippen LogP contribution in [0, 0.1) is 0 Å². The highest BCUT2D eigenvalue weighted by atomic mass is 16.3. The lowest BCUT2D eigenvalue weighted by Gasteiger charge is -2.42. The van der Waals surface area contributed by atoms with Crippen molar-refractivity contribution >= 4 is 0 Å². The van der Waals surface area contributed by atoms with Crippen molar-refractivity contribution in [2.24, 2.45) is 0 Å². The second-order valence-electron chi connectivity index (χ2n) is 4.54. The molecule has 0 aromatic carbocycles. The predicted molar refractivity (Wildman–Crippen MR) is 56.1 cm³/mol. The van der Waals surface area contributed by atoms with Crippen LogP contribution in [0.5, 0.6) is 0 Å². The molecule has 2 heterocycles. The maximum atomic E-state index is 5.08. The predicted octanol–water partition coefficient (Wildman–Crippen LogP) is 1.46. The topological polar surface area (TPSA) is 28.4 Å². The normalized spacial score (nSPS) is 22.4. The monoisotopic (exact) mass is 194 g/mol. The zero-order chi connectivity index (χ0) is 10.0. The SMILES string of the molecule is CC1(C)CNCCN1Cc1ccoc1. The van der Waals surface area contributed by atoms with E-state index in [1.807, 2.05) is 12.3 Å². The maximum absolute atomic E-state index is 5.08. The molecule has 1 aromatic rings. The molecule has 0 bridgehead atoms. The molecule has 0 spiro atoms. The summed E-state index contributed by atoms with van der Waals surface area (Å²) < 4.78 is 5.08. The number of rotatable bonds is 2. The van der Waals surface area contributed by atoms with Crippen molar-refractivity contribution in [1.29, 1.82) is 0 Å². The fraction of sp³-hybridized carbons (Fsp3) is 0.636. The highest BCUT2D eigenvalue weighted by Crippen LogP contribution is 2.19. The Balaban J connectivity index is 2.02. The molecule has 0 amide bonds. The molecule has 0 aliphatic carbocycles. The largest absolute Gasteiger partial charge is 0.472 e. The van der Waals surface area contributed by atoms with Crippen molar-refractivity contribution in [2.45, 2.75) is 25.9 Å². The number of hydrogen-bond donors (Lipinski definition) is 1. The quantitative estimate of drug-likeness (QED) is 0.772. The van der Waals surface area contributed by atoms with Gasteiger partial charge in [-0.05, 0) is 19.9 Å². The molecule has 78 valence electrons. The van der Waals surface area contributed by atoms with Gasteiger partial charge >= 0.3 is 0 Å². The van der Waals surface area contributed by atoms with Gasteiger partial charge in [-0.2, -0.15) is 0 Å². The smallest absolute Gasteiger partial charge is 0.0947 e. The van der Waals surface area contributed by atoms with E-state index in [9.17, 15) is 0 Å². The highest BCUT2D eigenvalue weighted by Gasteiger charge is 2.29. The Morgan fingerprint density at radius 1 is 1.57 bits per heavy atom. The average molecular weight is 194 g/mol. The van der Waals surface area contributed by atoms with Gasteiger partial charge in [0.15, 0.2) is 0 Å². The third-order valence-corrected chi connectivity index (χ3v) is 2.93. The lowest BCUT2D eigenvalue weighted by atomic mass is 10.00. The summed E-state index contributed by atoms with van der Waals surface area (Å²) in [6.45, 7) is 8.80. The van der Waals surface area contributed by atoms with Gasteiger partial charge in [-0.15, -0.1) is 0 Å². The molecule has 0 atom stereocenters. The second-order valence-corrected chi connectivity index (χ2v) is 4.54. The van der Waals surface area contributed by atoms with Crippen molar-refractivity contribution in [2.75, 3.05) is 19.6 Å². The first-order valence-electron chi connectivity index (χ1n) is 5.15. The van der Waals surface area contributed by atoms with Gasteiger partial charge in [0, 0.05) is 37.3 Å². The lowest BCUT2D eigenvalue weighted by Crippen LogP contribution is -2.57. The van der Waals surface area contributed by atoms with Gasteiger partial charge in [-0.1, -0.05) is 0 Å². The summed E-state index contributed by atoms with van der Waals surface area (Å²) in [5, 5.41) is 3.42. The molecule has 3 nitrogen and oxygen atoms in total. The fourth-order valence-electron chi connectivity index (χ4n) is 1.92. The summed E-state index contributed by atoms with van der Waals surface area (Å²) in [4.78, 5) is 2.49. The van der Waals surface area contributed by atoms with Crippen molar-refractivity contribution in [3.63, 3.8) is 0 Å². The van der Waals surface area contributed by atoms with Crippen LogP contribution in [0.15, 0.2) is 23.0 Å². The molecule has 0 unspecified atom stereocenters. The van der Waals surface area contributed by atoms with Crippen molar-refractivity contribution < 1.29 is 4.42 Å². The molecular weight excluding hydrogens is 176 g/mol. The van der Waals surface area contributed by atoms with Crippen LogP contribution in [0.3, 0.4) is 0 Å². The Morgan fingerprint density at radius 3 is 3.07 bits per heavy atom. The van der Waals surface area contributed by atoms with Crippen LogP contribution in [0.25, 0.3) is 0 Å². The number of piperazine rings is 1. The summed E-state index contributed by atoms with van der Waals surface area (Å²) in [7, 11) is 0. The number of furan rings is 1. The summed E-state index contributed by atoms with van der Waals surface area (Å²) >= 11 is 0. The molecule has 1 aliphatic heterocycles. The molecule has 0 radical (unpaired) electrons. The van der Waals surface area contributed by atoms with Crippen LogP contribution >= 0.6 is 0 Å². The van der Waals surface area contributed by atoms with Crippen molar-refractivity contribution in [3.05, 3.63) is 24.2 Å². The molecule has 2 rings (SSSR count). The molecule has 14 heavy (non-hydrogen) atoms. The van der Waals surface area contributed by atoms with Crippen LogP contribution in [-0.2, 0) is 6.54 Å². The molecule has 0 saturated carbocycles. The van der Waals surface area contributed by atoms with E-state index in [4.69, 9.17) is 4.42 Å². The van der Waals surface area contributed by atoms with Crippen molar-refractivity contribution in [3.8, 4) is 0 Å². The summed E-state index contributed by atoms with van der Waals surface area (Å²) in [5.74, 6) is 0. The minimum atomic E-state index is 0.246. The molecule has 1 aromatic heterocycles. The highest BCUT2D eigenvalue weighted by molar-refractivity contribution is 5.06. The molecular formula is C11H18N2O. The van der Waals surface area contributed by atoms with E-state index in [0.29, 0.717) is 0 Å². The fourth-order valence-corrected chi connectivity index (χ4v) is 1.92. The van der Waals surface area contributed by atoms with Gasteiger partial charge < -0.3 is 9.73 Å². The van der Waals surface area contributed by atoms with Gasteiger partial charge in [0.1, 0.15) is 0 Å². The van der Waals surface area contributed by atoms with Gasteiger partial charge in [0.2, 0.25) is 0 Å². The van der Waals surface area contributed by atoms with E-state index in [0.717, 1.165) is 26.2 Å². The van der Waals surface area contributed by atoms with Crippen LogP contribution in [-0.4, -0.2) is 30.1 Å². The molecule has 1 aliphatic rings. The van der Waals surface area contributed by atoms with Crippen LogP contribution < -0.4 is 5.32 Å². The van der Waals surface area contributed by atoms with E-state index in [1.165, 1.54) is 5.56 Å². The van der Waals surface area contributed by atoms with Crippen molar-refractivity contribution in [1.82, 2.24) is 10.2 Å². The van der Waals surface area contributed by atoms with Gasteiger partial charge in [-0.25, -0.2) is 0 Å². The third-order valence-electron chi connectivity index (χ3n) is 2.93. The van der Waals surface area contributed by atoms with E-state index < -0.39 is 0 Å². The van der Waals surface area contributed by atoms with Crippen LogP contribution in [0.4, 0.5) is 0 Å². The molecule has 1 fully saturated rings. The number of nitrogens with one attached hydrogen (secondary N) is 1. The van der Waals surface area contributed by atoms with E-state index >= 15 is 0 Å². The Morgan fingerprint density at radius 2 is 2.43 bits per heavy atom. The number of hydrogen-bond acceptors (Lipinski definition) is 3. The standard InChI is InChI=1S/C11H18N2O/c1-11(2)9-12-4-5-13(11)7-10-3-6-14-8-10/h3,6,8,12H,4-5,7,9H2,1-2H3. The van der Waals surface area contributed by atoms with E-state index in [2.05, 4.69) is 24.1 Å². The minimum absolute atomic E-state index is 0.246. The first kappa shape index (κ1) is 9.74. The summed E-state index contributed by atoms with van der Waals surface area (Å²) in [6.07, 6.45) is 3.57. The van der Waals surface area contributed by atoms with E-state index in [1.54, 1.807) is 6.26 Å². The second kappa shape index (κ2) is 3.75. The molecule has 1 saturated heterocycles. The van der Waals surface area contributed by atoms with Crippen LogP contribution in [0.2, 0.25) is 0 Å². The Labute approximate surface area is 85.1 Å². The Bertz CT molecular complexity index is 279. The summed E-state index contributed by atoms with van der Waals surface area (Å²) in [5.41, 5.74) is 1.51. The molecule has 1 N–H and O–H groups in total. The lowest BCUT2D eigenvalue weighted by molar-refractivity contribution is 0.0826. The van der Waals surface area contributed by atoms with Gasteiger partial charge in [-0.3, -0.25) is 4.90 Å². The van der Waals surface area contributed by atoms with Gasteiger partial charge in [0.25, 0.3) is 0 Å². The first-order valence-corrected chi connectivity index (χ1v) is 5.15. The minimum Gasteiger partial charge on any atom is -0.472 e.